The van der Waals surface area contributed by atoms with Crippen LogP contribution in [0.4, 0.5) is 0 Å². The van der Waals surface area contributed by atoms with Crippen LogP contribution >= 0.6 is 22.6 Å². The van der Waals surface area contributed by atoms with E-state index in [0.717, 1.165) is 23.9 Å². The second-order valence-corrected chi connectivity index (χ2v) is 4.17. The van der Waals surface area contributed by atoms with Crippen molar-refractivity contribution < 1.29 is 9.90 Å². The summed E-state index contributed by atoms with van der Waals surface area (Å²) >= 11 is 2.38. The van der Waals surface area contributed by atoms with Gasteiger partial charge in [-0.3, -0.25) is 9.69 Å². The Morgan fingerprint density at radius 3 is 3.00 bits per heavy atom. The number of hydrogen-bond donors (Lipinski definition) is 1. The van der Waals surface area contributed by atoms with Gasteiger partial charge in [0.05, 0.1) is 6.54 Å². The highest BCUT2D eigenvalue weighted by atomic mass is 127. The fraction of sp³-hybridized carbons (Fsp3) is 0.875. The molecule has 1 fully saturated rings. The number of rotatable bonds is 3. The Bertz CT molecular complexity index is 163. The lowest BCUT2D eigenvalue weighted by Crippen LogP contribution is -2.39. The molecule has 0 bridgehead atoms. The van der Waals surface area contributed by atoms with Crippen LogP contribution < -0.4 is 0 Å². The van der Waals surface area contributed by atoms with E-state index in [1.807, 2.05) is 4.90 Å². The monoisotopic (exact) mass is 283 g/mol. The predicted molar refractivity (Wildman–Crippen MR) is 55.7 cm³/mol. The molecule has 0 aromatic heterocycles. The van der Waals surface area contributed by atoms with Crippen LogP contribution in [-0.2, 0) is 4.79 Å². The van der Waals surface area contributed by atoms with Gasteiger partial charge in [0.2, 0.25) is 0 Å². The van der Waals surface area contributed by atoms with E-state index in [9.17, 15) is 4.79 Å². The standard InChI is InChI=1S/C8H14INO2/c9-4-7-2-1-3-10(5-7)6-8(11)12/h7H,1-6H2,(H,11,12)/t7-/m0/s1. The number of aliphatic carboxylic acids is 1. The minimum atomic E-state index is -0.705. The summed E-state index contributed by atoms with van der Waals surface area (Å²) in [5.74, 6) is 0.00260. The van der Waals surface area contributed by atoms with Gasteiger partial charge in [0.25, 0.3) is 0 Å². The molecule has 0 aromatic carbocycles. The van der Waals surface area contributed by atoms with Gasteiger partial charge in [0.15, 0.2) is 0 Å². The number of carboxylic acid groups (broad SMARTS) is 1. The van der Waals surface area contributed by atoms with E-state index in [1.54, 1.807) is 0 Å². The Balaban J connectivity index is 2.30. The molecule has 1 saturated heterocycles. The highest BCUT2D eigenvalue weighted by Gasteiger charge is 2.19. The topological polar surface area (TPSA) is 40.5 Å². The number of carboxylic acids is 1. The summed E-state index contributed by atoms with van der Waals surface area (Å²) in [5.41, 5.74) is 0. The number of likely N-dealkylation sites (tertiary alicyclic amines) is 1. The van der Waals surface area contributed by atoms with Gasteiger partial charge < -0.3 is 5.11 Å². The smallest absolute Gasteiger partial charge is 0.317 e. The lowest BCUT2D eigenvalue weighted by Gasteiger charge is -2.30. The molecule has 0 radical (unpaired) electrons. The zero-order chi connectivity index (χ0) is 8.97. The summed E-state index contributed by atoms with van der Waals surface area (Å²) in [6.45, 7) is 2.14. The Morgan fingerprint density at radius 2 is 2.42 bits per heavy atom. The summed E-state index contributed by atoms with van der Waals surface area (Å²) in [7, 11) is 0. The molecule has 1 aliphatic heterocycles. The van der Waals surface area contributed by atoms with Crippen LogP contribution in [0.3, 0.4) is 0 Å². The molecular weight excluding hydrogens is 269 g/mol. The van der Waals surface area contributed by atoms with Crippen LogP contribution in [0.25, 0.3) is 0 Å². The summed E-state index contributed by atoms with van der Waals surface area (Å²) in [4.78, 5) is 12.5. The summed E-state index contributed by atoms with van der Waals surface area (Å²) in [5, 5.41) is 8.58. The second-order valence-electron chi connectivity index (χ2n) is 3.29. The Hall–Kier alpha value is 0.160. The fourth-order valence-corrected chi connectivity index (χ4v) is 2.33. The summed E-state index contributed by atoms with van der Waals surface area (Å²) in [6, 6.07) is 0. The van der Waals surface area contributed by atoms with Gasteiger partial charge >= 0.3 is 5.97 Å². The first kappa shape index (κ1) is 10.2. The highest BCUT2D eigenvalue weighted by Crippen LogP contribution is 2.17. The molecule has 3 nitrogen and oxygen atoms in total. The lowest BCUT2D eigenvalue weighted by atomic mass is 10.0. The maximum atomic E-state index is 10.4. The van der Waals surface area contributed by atoms with Crippen LogP contribution in [0.1, 0.15) is 12.8 Å². The van der Waals surface area contributed by atoms with Gasteiger partial charge in [-0.2, -0.15) is 0 Å². The van der Waals surface area contributed by atoms with Crippen LogP contribution in [0.5, 0.6) is 0 Å². The molecule has 1 N–H and O–H groups in total. The molecule has 0 aromatic rings. The van der Waals surface area contributed by atoms with Gasteiger partial charge in [-0.05, 0) is 25.3 Å². The maximum absolute atomic E-state index is 10.4. The molecule has 0 amide bonds. The fourth-order valence-electron chi connectivity index (χ4n) is 1.61. The number of carbonyl (C=O) groups is 1. The molecule has 0 unspecified atom stereocenters. The lowest BCUT2D eigenvalue weighted by molar-refractivity contribution is -0.138. The van der Waals surface area contributed by atoms with Crippen molar-refractivity contribution in [3.8, 4) is 0 Å². The van der Waals surface area contributed by atoms with Crippen molar-refractivity contribution in [1.82, 2.24) is 4.90 Å². The molecule has 1 rings (SSSR count). The van der Waals surface area contributed by atoms with Gasteiger partial charge in [-0.1, -0.05) is 22.6 Å². The Labute approximate surface area is 86.3 Å². The molecule has 70 valence electrons. The molecule has 0 saturated carbocycles. The molecular formula is C8H14INO2. The Kier molecular flexibility index (Phi) is 4.28. The summed E-state index contributed by atoms with van der Waals surface area (Å²) in [6.07, 6.45) is 2.42. The van der Waals surface area contributed by atoms with Crippen molar-refractivity contribution >= 4 is 28.6 Å². The van der Waals surface area contributed by atoms with Gasteiger partial charge in [-0.15, -0.1) is 0 Å². The first-order valence-electron chi connectivity index (χ1n) is 4.22. The van der Waals surface area contributed by atoms with Crippen molar-refractivity contribution in [2.45, 2.75) is 12.8 Å². The number of nitrogens with zero attached hydrogens (tertiary/aromatic N) is 1. The summed E-state index contributed by atoms with van der Waals surface area (Å²) < 4.78 is 1.15. The minimum Gasteiger partial charge on any atom is -0.480 e. The molecule has 1 heterocycles. The first-order chi connectivity index (χ1) is 5.72. The van der Waals surface area contributed by atoms with E-state index in [2.05, 4.69) is 22.6 Å². The van der Waals surface area contributed by atoms with Gasteiger partial charge in [-0.25, -0.2) is 0 Å². The zero-order valence-corrected chi connectivity index (χ0v) is 9.16. The molecule has 1 atom stereocenters. The first-order valence-corrected chi connectivity index (χ1v) is 5.75. The average Bonchev–Trinajstić information content (AvgIpc) is 2.03. The van der Waals surface area contributed by atoms with Crippen LogP contribution in [0.15, 0.2) is 0 Å². The number of alkyl halides is 1. The van der Waals surface area contributed by atoms with E-state index in [0.29, 0.717) is 5.92 Å². The van der Waals surface area contributed by atoms with Crippen molar-refractivity contribution in [3.63, 3.8) is 0 Å². The molecule has 0 aliphatic carbocycles. The van der Waals surface area contributed by atoms with E-state index >= 15 is 0 Å². The van der Waals surface area contributed by atoms with E-state index in [4.69, 9.17) is 5.11 Å². The van der Waals surface area contributed by atoms with Gasteiger partial charge in [0.1, 0.15) is 0 Å². The number of piperidine rings is 1. The van der Waals surface area contributed by atoms with E-state index in [1.165, 1.54) is 6.42 Å². The normalized spacial score (nSPS) is 25.6. The quantitative estimate of drug-likeness (QED) is 0.625. The maximum Gasteiger partial charge on any atom is 0.317 e. The molecule has 0 spiro atoms. The third-order valence-electron chi connectivity index (χ3n) is 2.18. The van der Waals surface area contributed by atoms with Crippen molar-refractivity contribution in [2.24, 2.45) is 5.92 Å². The zero-order valence-electron chi connectivity index (χ0n) is 7.00. The largest absolute Gasteiger partial charge is 0.480 e. The predicted octanol–water partition coefficient (Wildman–Crippen LogP) is 1.22. The minimum absolute atomic E-state index is 0.215. The average molecular weight is 283 g/mol. The molecule has 4 heteroatoms. The van der Waals surface area contributed by atoms with Gasteiger partial charge in [0, 0.05) is 11.0 Å². The van der Waals surface area contributed by atoms with Crippen LogP contribution in [-0.4, -0.2) is 40.0 Å². The van der Waals surface area contributed by atoms with Crippen molar-refractivity contribution in [3.05, 3.63) is 0 Å². The van der Waals surface area contributed by atoms with E-state index < -0.39 is 5.97 Å². The third-order valence-corrected chi connectivity index (χ3v) is 3.43. The van der Waals surface area contributed by atoms with E-state index in [-0.39, 0.29) is 6.54 Å². The van der Waals surface area contributed by atoms with Crippen molar-refractivity contribution in [2.75, 3.05) is 24.1 Å². The highest BCUT2D eigenvalue weighted by molar-refractivity contribution is 14.1. The van der Waals surface area contributed by atoms with Crippen LogP contribution in [0.2, 0.25) is 0 Å². The molecule has 12 heavy (non-hydrogen) atoms. The third kappa shape index (κ3) is 3.26. The SMILES string of the molecule is O=C(O)CN1CCC[C@@H](CI)C1. The number of halogens is 1. The van der Waals surface area contributed by atoms with Crippen molar-refractivity contribution in [1.29, 1.82) is 0 Å². The Morgan fingerprint density at radius 1 is 1.67 bits per heavy atom. The second kappa shape index (κ2) is 5.01. The number of hydrogen-bond acceptors (Lipinski definition) is 2. The molecule has 1 aliphatic rings. The van der Waals surface area contributed by atoms with Crippen LogP contribution in [0, 0.1) is 5.92 Å².